The van der Waals surface area contributed by atoms with Gasteiger partial charge in [-0.1, -0.05) is 6.07 Å². The highest BCUT2D eigenvalue weighted by Gasteiger charge is 2.30. The fourth-order valence-corrected chi connectivity index (χ4v) is 3.50. The monoisotopic (exact) mass is 428 g/mol. The zero-order valence-corrected chi connectivity index (χ0v) is 17.2. The van der Waals surface area contributed by atoms with Gasteiger partial charge in [0.25, 0.3) is 5.91 Å². The lowest BCUT2D eigenvalue weighted by Gasteiger charge is -2.09. The Labute approximate surface area is 176 Å². The molecule has 0 spiro atoms. The first-order chi connectivity index (χ1) is 14.2. The maximum Gasteiger partial charge on any atom is 0.308 e. The highest BCUT2D eigenvalue weighted by atomic mass is 32.2. The molecule has 1 amide bonds. The first-order valence-electron chi connectivity index (χ1n) is 8.75. The van der Waals surface area contributed by atoms with Crippen molar-refractivity contribution in [3.05, 3.63) is 58.8 Å². The van der Waals surface area contributed by atoms with Gasteiger partial charge in [0.05, 0.1) is 10.6 Å². The van der Waals surface area contributed by atoms with Crippen LogP contribution in [0.15, 0.2) is 52.4 Å². The summed E-state index contributed by atoms with van der Waals surface area (Å²) in [4.78, 5) is 41.3. The van der Waals surface area contributed by atoms with Gasteiger partial charge >= 0.3 is 11.9 Å². The standard InChI is InChI=1S/C21H17FN2O5S/c1-12(25)28-17-9-4-14(10-18(17)29-13(2)26)11-19-20(27)24(3)21(30-19)23-16-7-5-15(22)6-8-16/h4-11H,1-3H3/b19-11-,23-21?. The molecule has 9 heteroatoms. The Kier molecular flexibility index (Phi) is 6.31. The number of amidine groups is 1. The van der Waals surface area contributed by atoms with Crippen molar-refractivity contribution in [2.24, 2.45) is 4.99 Å². The molecule has 7 nitrogen and oxygen atoms in total. The van der Waals surface area contributed by atoms with Gasteiger partial charge in [-0.3, -0.25) is 19.3 Å². The Morgan fingerprint density at radius 2 is 1.67 bits per heavy atom. The van der Waals surface area contributed by atoms with Crippen molar-refractivity contribution in [1.29, 1.82) is 0 Å². The van der Waals surface area contributed by atoms with Crippen LogP contribution in [0.3, 0.4) is 0 Å². The van der Waals surface area contributed by atoms with Crippen molar-refractivity contribution in [3.8, 4) is 11.5 Å². The van der Waals surface area contributed by atoms with Crippen LogP contribution < -0.4 is 9.47 Å². The van der Waals surface area contributed by atoms with E-state index in [4.69, 9.17) is 9.47 Å². The number of halogens is 1. The molecule has 154 valence electrons. The Morgan fingerprint density at radius 1 is 1.03 bits per heavy atom. The quantitative estimate of drug-likeness (QED) is 0.417. The summed E-state index contributed by atoms with van der Waals surface area (Å²) >= 11 is 1.16. The number of nitrogens with zero attached hydrogens (tertiary/aromatic N) is 2. The van der Waals surface area contributed by atoms with E-state index in [9.17, 15) is 18.8 Å². The normalized spacial score (nSPS) is 16.3. The SMILES string of the molecule is CC(=O)Oc1ccc(/C=C2\SC(=Nc3ccc(F)cc3)N(C)C2=O)cc1OC(C)=O. The largest absolute Gasteiger partial charge is 0.423 e. The molecular formula is C21H17FN2O5S. The van der Waals surface area contributed by atoms with E-state index in [2.05, 4.69) is 4.99 Å². The maximum absolute atomic E-state index is 13.1. The summed E-state index contributed by atoms with van der Waals surface area (Å²) in [6.07, 6.45) is 1.61. The number of carbonyl (C=O) groups excluding carboxylic acids is 3. The van der Waals surface area contributed by atoms with Crippen LogP contribution >= 0.6 is 11.8 Å². The van der Waals surface area contributed by atoms with E-state index in [1.54, 1.807) is 19.2 Å². The molecular weight excluding hydrogens is 411 g/mol. The second-order valence-corrected chi connectivity index (χ2v) is 7.25. The van der Waals surface area contributed by atoms with Crippen molar-refractivity contribution in [2.45, 2.75) is 13.8 Å². The van der Waals surface area contributed by atoms with Crippen LogP contribution in [-0.4, -0.2) is 35.0 Å². The zero-order valence-electron chi connectivity index (χ0n) is 16.3. The number of aliphatic imine (C=N–C) groups is 1. The Morgan fingerprint density at radius 3 is 2.30 bits per heavy atom. The molecule has 1 aliphatic heterocycles. The average Bonchev–Trinajstić information content (AvgIpc) is 2.93. The van der Waals surface area contributed by atoms with Gasteiger partial charge in [-0.2, -0.15) is 0 Å². The van der Waals surface area contributed by atoms with E-state index in [0.29, 0.717) is 21.3 Å². The van der Waals surface area contributed by atoms with E-state index in [1.165, 1.54) is 55.1 Å². The molecule has 1 aliphatic rings. The smallest absolute Gasteiger partial charge is 0.308 e. The summed E-state index contributed by atoms with van der Waals surface area (Å²) in [5.41, 5.74) is 1.08. The molecule has 0 saturated carbocycles. The van der Waals surface area contributed by atoms with Gasteiger partial charge in [0, 0.05) is 20.9 Å². The number of carbonyl (C=O) groups is 3. The van der Waals surface area contributed by atoms with Gasteiger partial charge in [0.2, 0.25) is 0 Å². The first kappa shape index (κ1) is 21.3. The third kappa shape index (κ3) is 5.12. The molecule has 0 N–H and O–H groups in total. The van der Waals surface area contributed by atoms with Gasteiger partial charge in [-0.15, -0.1) is 0 Å². The number of hydrogen-bond donors (Lipinski definition) is 0. The van der Waals surface area contributed by atoms with Gasteiger partial charge in [-0.25, -0.2) is 9.38 Å². The van der Waals surface area contributed by atoms with Crippen molar-refractivity contribution in [3.63, 3.8) is 0 Å². The lowest BCUT2D eigenvalue weighted by Crippen LogP contribution is -2.23. The molecule has 0 unspecified atom stereocenters. The third-order valence-electron chi connectivity index (χ3n) is 3.83. The average molecular weight is 428 g/mol. The molecule has 0 aromatic heterocycles. The van der Waals surface area contributed by atoms with E-state index >= 15 is 0 Å². The number of amides is 1. The van der Waals surface area contributed by atoms with E-state index in [1.807, 2.05) is 0 Å². The predicted molar refractivity (Wildman–Crippen MR) is 111 cm³/mol. The van der Waals surface area contributed by atoms with Gasteiger partial charge in [0.1, 0.15) is 5.82 Å². The molecule has 1 saturated heterocycles. The number of rotatable bonds is 4. The molecule has 2 aromatic carbocycles. The Bertz CT molecular complexity index is 1080. The predicted octanol–water partition coefficient (Wildman–Crippen LogP) is 3.91. The lowest BCUT2D eigenvalue weighted by atomic mass is 10.2. The van der Waals surface area contributed by atoms with Gasteiger partial charge < -0.3 is 9.47 Å². The number of ether oxygens (including phenoxy) is 2. The van der Waals surface area contributed by atoms with Crippen molar-refractivity contribution >= 4 is 46.5 Å². The summed E-state index contributed by atoms with van der Waals surface area (Å²) < 4.78 is 23.2. The van der Waals surface area contributed by atoms with Crippen molar-refractivity contribution < 1.29 is 28.2 Å². The lowest BCUT2D eigenvalue weighted by molar-refractivity contribution is -0.134. The zero-order chi connectivity index (χ0) is 21.8. The fourth-order valence-electron chi connectivity index (χ4n) is 2.52. The number of benzene rings is 2. The topological polar surface area (TPSA) is 85.3 Å². The van der Waals surface area contributed by atoms with E-state index < -0.39 is 11.9 Å². The van der Waals surface area contributed by atoms with Crippen LogP contribution in [0.5, 0.6) is 11.5 Å². The molecule has 1 fully saturated rings. The van der Waals surface area contributed by atoms with Crippen LogP contribution in [0.4, 0.5) is 10.1 Å². The Hall–Kier alpha value is -3.46. The molecule has 0 aliphatic carbocycles. The third-order valence-corrected chi connectivity index (χ3v) is 4.89. The minimum Gasteiger partial charge on any atom is -0.423 e. The summed E-state index contributed by atoms with van der Waals surface area (Å²) in [7, 11) is 1.59. The second kappa shape index (κ2) is 8.91. The molecule has 1 heterocycles. The number of likely N-dealkylation sites (N-methyl/N-ethyl adjacent to an activating group) is 1. The van der Waals surface area contributed by atoms with Gasteiger partial charge in [0.15, 0.2) is 16.7 Å². The van der Waals surface area contributed by atoms with Crippen LogP contribution in [0.2, 0.25) is 0 Å². The summed E-state index contributed by atoms with van der Waals surface area (Å²) in [6.45, 7) is 2.46. The van der Waals surface area contributed by atoms with Gasteiger partial charge in [-0.05, 0) is 59.8 Å². The van der Waals surface area contributed by atoms with Crippen molar-refractivity contribution in [2.75, 3.05) is 7.05 Å². The highest BCUT2D eigenvalue weighted by molar-refractivity contribution is 8.18. The fraction of sp³-hybridized carbons (Fsp3) is 0.143. The summed E-state index contributed by atoms with van der Waals surface area (Å²) in [5, 5.41) is 0.439. The molecule has 30 heavy (non-hydrogen) atoms. The van der Waals surface area contributed by atoms with Crippen LogP contribution in [0.1, 0.15) is 19.4 Å². The summed E-state index contributed by atoms with van der Waals surface area (Å²) in [5.74, 6) is -1.60. The van der Waals surface area contributed by atoms with Crippen molar-refractivity contribution in [1.82, 2.24) is 4.90 Å². The molecule has 0 atom stereocenters. The number of hydrogen-bond acceptors (Lipinski definition) is 7. The van der Waals surface area contributed by atoms with E-state index in [0.717, 1.165) is 11.8 Å². The van der Waals surface area contributed by atoms with Crippen LogP contribution in [0, 0.1) is 5.82 Å². The highest BCUT2D eigenvalue weighted by Crippen LogP contribution is 2.35. The molecule has 2 aromatic rings. The molecule has 3 rings (SSSR count). The summed E-state index contributed by atoms with van der Waals surface area (Å²) in [6, 6.07) is 10.2. The second-order valence-electron chi connectivity index (χ2n) is 6.24. The van der Waals surface area contributed by atoms with Crippen LogP contribution in [0.25, 0.3) is 6.08 Å². The Balaban J connectivity index is 1.90. The number of esters is 2. The first-order valence-corrected chi connectivity index (χ1v) is 9.57. The van der Waals surface area contributed by atoms with Crippen LogP contribution in [-0.2, 0) is 14.4 Å². The molecule has 0 radical (unpaired) electrons. The molecule has 0 bridgehead atoms. The van der Waals surface area contributed by atoms with E-state index in [-0.39, 0.29) is 23.2 Å². The minimum atomic E-state index is -0.576. The minimum absolute atomic E-state index is 0.0658. The maximum atomic E-state index is 13.1. The number of thioether (sulfide) groups is 1.